The van der Waals surface area contributed by atoms with E-state index in [4.69, 9.17) is 9.84 Å². The number of ether oxygens (including phenoxy) is 1. The van der Waals surface area contributed by atoms with Crippen LogP contribution in [0.4, 0.5) is 0 Å². The van der Waals surface area contributed by atoms with E-state index in [0.717, 1.165) is 24.3 Å². The van der Waals surface area contributed by atoms with Crippen LogP contribution >= 0.6 is 11.3 Å². The number of hydrogen-bond donors (Lipinski definition) is 1. The molecule has 1 heterocycles. The Morgan fingerprint density at radius 3 is 2.69 bits per heavy atom. The molecule has 0 atom stereocenters. The highest BCUT2D eigenvalue weighted by Gasteiger charge is 2.05. The van der Waals surface area contributed by atoms with Gasteiger partial charge in [0.15, 0.2) is 0 Å². The van der Waals surface area contributed by atoms with Gasteiger partial charge in [0, 0.05) is 11.5 Å². The smallest absolute Gasteiger partial charge is 0.141 e. The Kier molecular flexibility index (Phi) is 3.97. The number of benzene rings is 1. The summed E-state index contributed by atoms with van der Waals surface area (Å²) in [6.07, 6.45) is 1.65. The highest BCUT2D eigenvalue weighted by molar-refractivity contribution is 7.10. The van der Waals surface area contributed by atoms with Crippen LogP contribution in [0.5, 0.6) is 11.5 Å². The molecule has 0 aliphatic heterocycles. The second-order valence-electron chi connectivity index (χ2n) is 3.45. The van der Waals surface area contributed by atoms with Gasteiger partial charge in [0.05, 0.1) is 0 Å². The first-order valence-corrected chi connectivity index (χ1v) is 6.18. The van der Waals surface area contributed by atoms with Gasteiger partial charge >= 0.3 is 0 Å². The van der Waals surface area contributed by atoms with E-state index in [1.807, 2.05) is 41.8 Å². The quantitative estimate of drug-likeness (QED) is 0.858. The summed E-state index contributed by atoms with van der Waals surface area (Å²) in [5.74, 6) is 1.76. The lowest BCUT2D eigenvalue weighted by atomic mass is 10.2. The first kappa shape index (κ1) is 11.2. The summed E-state index contributed by atoms with van der Waals surface area (Å²) in [6, 6.07) is 11.7. The second kappa shape index (κ2) is 5.68. The van der Waals surface area contributed by atoms with Crippen molar-refractivity contribution in [2.24, 2.45) is 0 Å². The SMILES string of the molecule is OCCCc1sccc1Oc1ccccc1. The molecule has 0 amide bonds. The lowest BCUT2D eigenvalue weighted by Gasteiger charge is -2.05. The summed E-state index contributed by atoms with van der Waals surface area (Å²) in [6.45, 7) is 0.225. The van der Waals surface area contributed by atoms with E-state index in [0.29, 0.717) is 0 Å². The standard InChI is InChI=1S/C13H14O2S/c14-9-4-7-13-12(8-10-16-13)15-11-5-2-1-3-6-11/h1-3,5-6,8,10,14H,4,7,9H2. The lowest BCUT2D eigenvalue weighted by molar-refractivity contribution is 0.288. The van der Waals surface area contributed by atoms with Crippen molar-refractivity contribution < 1.29 is 9.84 Å². The zero-order valence-corrected chi connectivity index (χ0v) is 9.74. The Morgan fingerprint density at radius 2 is 1.94 bits per heavy atom. The molecule has 0 saturated carbocycles. The molecule has 0 aliphatic rings. The number of aliphatic hydroxyl groups is 1. The lowest BCUT2D eigenvalue weighted by Crippen LogP contribution is -1.90. The Balaban J connectivity index is 2.07. The maximum Gasteiger partial charge on any atom is 0.141 e. The summed E-state index contributed by atoms with van der Waals surface area (Å²) in [4.78, 5) is 1.19. The largest absolute Gasteiger partial charge is 0.456 e. The predicted molar refractivity (Wildman–Crippen MR) is 66.2 cm³/mol. The van der Waals surface area contributed by atoms with Gasteiger partial charge in [0.25, 0.3) is 0 Å². The van der Waals surface area contributed by atoms with Crippen molar-refractivity contribution in [3.63, 3.8) is 0 Å². The summed E-state index contributed by atoms with van der Waals surface area (Å²) in [5.41, 5.74) is 0. The molecule has 0 unspecified atom stereocenters. The van der Waals surface area contributed by atoms with Crippen LogP contribution < -0.4 is 4.74 Å². The van der Waals surface area contributed by atoms with Crippen LogP contribution in [0.15, 0.2) is 41.8 Å². The zero-order chi connectivity index (χ0) is 11.2. The van der Waals surface area contributed by atoms with Crippen LogP contribution in [0, 0.1) is 0 Å². The van der Waals surface area contributed by atoms with Gasteiger partial charge in [-0.1, -0.05) is 18.2 Å². The van der Waals surface area contributed by atoms with Crippen LogP contribution in [-0.4, -0.2) is 11.7 Å². The monoisotopic (exact) mass is 234 g/mol. The molecule has 1 aromatic carbocycles. The van der Waals surface area contributed by atoms with Gasteiger partial charge < -0.3 is 9.84 Å². The molecule has 2 nitrogen and oxygen atoms in total. The Bertz CT molecular complexity index is 423. The van der Waals surface area contributed by atoms with Gasteiger partial charge in [-0.3, -0.25) is 0 Å². The van der Waals surface area contributed by atoms with E-state index in [1.165, 1.54) is 4.88 Å². The van der Waals surface area contributed by atoms with E-state index in [9.17, 15) is 0 Å². The zero-order valence-electron chi connectivity index (χ0n) is 8.93. The molecule has 2 rings (SSSR count). The third kappa shape index (κ3) is 2.84. The minimum atomic E-state index is 0.225. The van der Waals surface area contributed by atoms with E-state index >= 15 is 0 Å². The maximum atomic E-state index is 8.81. The van der Waals surface area contributed by atoms with Crippen molar-refractivity contribution >= 4 is 11.3 Å². The van der Waals surface area contributed by atoms with E-state index < -0.39 is 0 Å². The summed E-state index contributed by atoms with van der Waals surface area (Å²) in [5, 5.41) is 10.8. The van der Waals surface area contributed by atoms with Crippen LogP contribution in [0.2, 0.25) is 0 Å². The highest BCUT2D eigenvalue weighted by atomic mass is 32.1. The van der Waals surface area contributed by atoms with Gasteiger partial charge in [-0.15, -0.1) is 11.3 Å². The summed E-state index contributed by atoms with van der Waals surface area (Å²) in [7, 11) is 0. The summed E-state index contributed by atoms with van der Waals surface area (Å²) >= 11 is 1.67. The molecule has 0 radical (unpaired) electrons. The number of thiophene rings is 1. The Labute approximate surface area is 99.1 Å². The van der Waals surface area contributed by atoms with Gasteiger partial charge in [0.2, 0.25) is 0 Å². The molecular weight excluding hydrogens is 220 g/mol. The number of aliphatic hydroxyl groups excluding tert-OH is 1. The molecule has 0 fully saturated rings. The van der Waals surface area contributed by atoms with Gasteiger partial charge in [-0.05, 0) is 36.4 Å². The third-order valence-corrected chi connectivity index (χ3v) is 3.20. The highest BCUT2D eigenvalue weighted by Crippen LogP contribution is 2.30. The van der Waals surface area contributed by atoms with E-state index in [-0.39, 0.29) is 6.61 Å². The fraction of sp³-hybridized carbons (Fsp3) is 0.231. The molecule has 3 heteroatoms. The maximum absolute atomic E-state index is 8.81. The third-order valence-electron chi connectivity index (χ3n) is 2.24. The molecule has 1 N–H and O–H groups in total. The molecule has 0 bridgehead atoms. The van der Waals surface area contributed by atoms with Crippen molar-refractivity contribution in [2.45, 2.75) is 12.8 Å². The summed E-state index contributed by atoms with van der Waals surface area (Å²) < 4.78 is 5.78. The van der Waals surface area contributed by atoms with Gasteiger partial charge in [0.1, 0.15) is 11.5 Å². The number of para-hydroxylation sites is 1. The second-order valence-corrected chi connectivity index (χ2v) is 4.45. The van der Waals surface area contributed by atoms with Gasteiger partial charge in [-0.2, -0.15) is 0 Å². The molecule has 16 heavy (non-hydrogen) atoms. The molecule has 84 valence electrons. The number of hydrogen-bond acceptors (Lipinski definition) is 3. The number of rotatable bonds is 5. The first-order chi connectivity index (χ1) is 7.90. The van der Waals surface area contributed by atoms with Crippen molar-refractivity contribution in [3.05, 3.63) is 46.7 Å². The average Bonchev–Trinajstić information content (AvgIpc) is 2.75. The fourth-order valence-electron chi connectivity index (χ4n) is 1.46. The van der Waals surface area contributed by atoms with Crippen LogP contribution in [0.25, 0.3) is 0 Å². The fourth-order valence-corrected chi connectivity index (χ4v) is 2.30. The Morgan fingerprint density at radius 1 is 1.12 bits per heavy atom. The molecule has 0 spiro atoms. The van der Waals surface area contributed by atoms with Crippen LogP contribution in [0.1, 0.15) is 11.3 Å². The van der Waals surface area contributed by atoms with Crippen molar-refractivity contribution in [1.29, 1.82) is 0 Å². The molecule has 0 aliphatic carbocycles. The van der Waals surface area contributed by atoms with Crippen LogP contribution in [-0.2, 0) is 6.42 Å². The van der Waals surface area contributed by atoms with E-state index in [2.05, 4.69) is 0 Å². The van der Waals surface area contributed by atoms with Gasteiger partial charge in [-0.25, -0.2) is 0 Å². The molecule has 0 saturated heterocycles. The molecule has 2 aromatic rings. The Hall–Kier alpha value is -1.32. The topological polar surface area (TPSA) is 29.5 Å². The average molecular weight is 234 g/mol. The molecule has 1 aromatic heterocycles. The predicted octanol–water partition coefficient (Wildman–Crippen LogP) is 3.47. The number of aryl methyl sites for hydroxylation is 1. The van der Waals surface area contributed by atoms with Crippen LogP contribution in [0.3, 0.4) is 0 Å². The van der Waals surface area contributed by atoms with Crippen molar-refractivity contribution in [3.8, 4) is 11.5 Å². The first-order valence-electron chi connectivity index (χ1n) is 5.30. The minimum Gasteiger partial charge on any atom is -0.456 e. The molecular formula is C13H14O2S. The van der Waals surface area contributed by atoms with Crippen molar-refractivity contribution in [2.75, 3.05) is 6.61 Å². The normalized spacial score (nSPS) is 10.3. The van der Waals surface area contributed by atoms with E-state index in [1.54, 1.807) is 11.3 Å². The minimum absolute atomic E-state index is 0.225. The van der Waals surface area contributed by atoms with Crippen molar-refractivity contribution in [1.82, 2.24) is 0 Å².